The first kappa shape index (κ1) is 14.0. The molecule has 2 N–H and O–H groups in total. The molecule has 0 saturated carbocycles. The zero-order valence-electron chi connectivity index (χ0n) is 11.1. The summed E-state index contributed by atoms with van der Waals surface area (Å²) in [5, 5.41) is 0. The molecule has 1 aliphatic rings. The minimum atomic E-state index is 0.0477. The highest BCUT2D eigenvalue weighted by atomic mass is 32.2. The first-order chi connectivity index (χ1) is 9.22. The van der Waals surface area contributed by atoms with Gasteiger partial charge in [0.15, 0.2) is 0 Å². The van der Waals surface area contributed by atoms with Crippen LogP contribution in [0.2, 0.25) is 0 Å². The van der Waals surface area contributed by atoms with Gasteiger partial charge in [-0.15, -0.1) is 11.8 Å². The van der Waals surface area contributed by atoms with Crippen LogP contribution in [-0.4, -0.2) is 25.3 Å². The van der Waals surface area contributed by atoms with E-state index in [1.165, 1.54) is 4.90 Å². The predicted octanol–water partition coefficient (Wildman–Crippen LogP) is 2.21. The minimum Gasteiger partial charge on any atom is -0.496 e. The van der Waals surface area contributed by atoms with Gasteiger partial charge in [0.05, 0.1) is 7.11 Å². The van der Waals surface area contributed by atoms with E-state index in [0.29, 0.717) is 6.42 Å². The van der Waals surface area contributed by atoms with E-state index in [4.69, 9.17) is 4.74 Å². The Morgan fingerprint density at radius 2 is 2.32 bits per heavy atom. The zero-order chi connectivity index (χ0) is 13.7. The Bertz CT molecular complexity index is 478. The van der Waals surface area contributed by atoms with E-state index < -0.39 is 0 Å². The van der Waals surface area contributed by atoms with Crippen molar-refractivity contribution >= 4 is 23.7 Å². The van der Waals surface area contributed by atoms with Crippen LogP contribution in [0.5, 0.6) is 5.75 Å². The summed E-state index contributed by atoms with van der Waals surface area (Å²) in [5.41, 5.74) is 6.65. The third-order valence-electron chi connectivity index (χ3n) is 3.03. The third-order valence-corrected chi connectivity index (χ3v) is 3.75. The van der Waals surface area contributed by atoms with Crippen molar-refractivity contribution in [2.24, 2.45) is 0 Å². The minimum absolute atomic E-state index is 0.0477. The van der Waals surface area contributed by atoms with Crippen LogP contribution in [0.1, 0.15) is 18.4 Å². The first-order valence-corrected chi connectivity index (χ1v) is 7.40. The maximum atomic E-state index is 11.0. The van der Waals surface area contributed by atoms with E-state index in [1.807, 2.05) is 24.5 Å². The molecule has 2 rings (SSSR count). The van der Waals surface area contributed by atoms with Gasteiger partial charge in [-0.2, -0.15) is 0 Å². The van der Waals surface area contributed by atoms with Gasteiger partial charge >= 0.3 is 0 Å². The summed E-state index contributed by atoms with van der Waals surface area (Å²) in [7, 11) is 1.68. The molecular weight excluding hydrogens is 260 g/mol. The third kappa shape index (κ3) is 3.75. The number of hydrogen-bond donors (Lipinski definition) is 2. The fourth-order valence-corrected chi connectivity index (χ4v) is 2.34. The number of ether oxygens (including phenoxy) is 1. The van der Waals surface area contributed by atoms with Gasteiger partial charge in [0.2, 0.25) is 5.91 Å². The number of hydrazine groups is 1. The SMILES string of the molecule is COc1cc(SC)ccc1/C=C/C1CCC(=O)NN1. The average molecular weight is 278 g/mol. The molecule has 1 aliphatic heterocycles. The zero-order valence-corrected chi connectivity index (χ0v) is 11.9. The van der Waals surface area contributed by atoms with Gasteiger partial charge < -0.3 is 4.74 Å². The maximum absolute atomic E-state index is 11.0. The number of rotatable bonds is 4. The second-order valence-electron chi connectivity index (χ2n) is 4.30. The summed E-state index contributed by atoms with van der Waals surface area (Å²) in [4.78, 5) is 12.2. The van der Waals surface area contributed by atoms with Gasteiger partial charge in [-0.05, 0) is 24.8 Å². The number of carbonyl (C=O) groups is 1. The molecule has 0 aromatic heterocycles. The molecule has 1 aromatic rings. The fourth-order valence-electron chi connectivity index (χ4n) is 1.91. The Labute approximate surface area is 117 Å². The van der Waals surface area contributed by atoms with Crippen LogP contribution in [0, 0.1) is 0 Å². The van der Waals surface area contributed by atoms with E-state index >= 15 is 0 Å². The maximum Gasteiger partial charge on any atom is 0.234 e. The van der Waals surface area contributed by atoms with Crippen molar-refractivity contribution in [3.63, 3.8) is 0 Å². The van der Waals surface area contributed by atoms with E-state index in [9.17, 15) is 4.79 Å². The van der Waals surface area contributed by atoms with Crippen molar-refractivity contribution in [1.82, 2.24) is 10.9 Å². The smallest absolute Gasteiger partial charge is 0.234 e. The van der Waals surface area contributed by atoms with Crippen molar-refractivity contribution < 1.29 is 9.53 Å². The summed E-state index contributed by atoms with van der Waals surface area (Å²) < 4.78 is 5.39. The highest BCUT2D eigenvalue weighted by molar-refractivity contribution is 7.98. The first-order valence-electron chi connectivity index (χ1n) is 6.17. The molecule has 0 bridgehead atoms. The second-order valence-corrected chi connectivity index (χ2v) is 5.18. The van der Waals surface area contributed by atoms with Crippen LogP contribution >= 0.6 is 11.8 Å². The molecule has 1 heterocycles. The van der Waals surface area contributed by atoms with Crippen LogP contribution in [0.25, 0.3) is 6.08 Å². The molecule has 1 saturated heterocycles. The van der Waals surface area contributed by atoms with Gasteiger partial charge in [0, 0.05) is 22.9 Å². The summed E-state index contributed by atoms with van der Waals surface area (Å²) in [6, 6.07) is 6.31. The molecule has 1 amide bonds. The van der Waals surface area contributed by atoms with Crippen molar-refractivity contribution in [2.45, 2.75) is 23.8 Å². The molecule has 102 valence electrons. The van der Waals surface area contributed by atoms with Crippen molar-refractivity contribution in [2.75, 3.05) is 13.4 Å². The quantitative estimate of drug-likeness (QED) is 0.829. The monoisotopic (exact) mass is 278 g/mol. The Morgan fingerprint density at radius 1 is 1.47 bits per heavy atom. The number of benzene rings is 1. The molecular formula is C14H18N2O2S. The Balaban J connectivity index is 2.07. The number of methoxy groups -OCH3 is 1. The lowest BCUT2D eigenvalue weighted by Crippen LogP contribution is -2.48. The van der Waals surface area contributed by atoms with E-state index in [1.54, 1.807) is 18.9 Å². The highest BCUT2D eigenvalue weighted by Gasteiger charge is 2.14. The van der Waals surface area contributed by atoms with Gasteiger partial charge in [-0.1, -0.05) is 18.2 Å². The molecule has 4 nitrogen and oxygen atoms in total. The molecule has 19 heavy (non-hydrogen) atoms. The summed E-state index contributed by atoms with van der Waals surface area (Å²) in [5.74, 6) is 0.912. The topological polar surface area (TPSA) is 50.4 Å². The molecule has 5 heteroatoms. The fraction of sp³-hybridized carbons (Fsp3) is 0.357. The molecule has 1 unspecified atom stereocenters. The lowest BCUT2D eigenvalue weighted by molar-refractivity contribution is -0.123. The summed E-state index contributed by atoms with van der Waals surface area (Å²) >= 11 is 1.69. The summed E-state index contributed by atoms with van der Waals surface area (Å²) in [6.07, 6.45) is 7.49. The average Bonchev–Trinajstić information content (AvgIpc) is 2.46. The number of carbonyl (C=O) groups excluding carboxylic acids is 1. The van der Waals surface area contributed by atoms with Gasteiger partial charge in [-0.25, -0.2) is 5.43 Å². The highest BCUT2D eigenvalue weighted by Crippen LogP contribution is 2.26. The van der Waals surface area contributed by atoms with Crippen molar-refractivity contribution in [3.8, 4) is 5.75 Å². The standard InChI is InChI=1S/C14H18N2O2S/c1-18-13-9-12(19-2)7-4-10(13)3-5-11-6-8-14(17)16-15-11/h3-5,7,9,11,15H,6,8H2,1-2H3,(H,16,17)/b5-3+. The van der Waals surface area contributed by atoms with Gasteiger partial charge in [-0.3, -0.25) is 10.2 Å². The second kappa shape index (κ2) is 6.63. The largest absolute Gasteiger partial charge is 0.496 e. The molecule has 0 radical (unpaired) electrons. The Morgan fingerprint density at radius 3 is 2.95 bits per heavy atom. The van der Waals surface area contributed by atoms with Crippen LogP contribution in [-0.2, 0) is 4.79 Å². The molecule has 1 atom stereocenters. The van der Waals surface area contributed by atoms with Crippen molar-refractivity contribution in [1.29, 1.82) is 0 Å². The molecule has 1 fully saturated rings. The van der Waals surface area contributed by atoms with Crippen LogP contribution in [0.3, 0.4) is 0 Å². The van der Waals surface area contributed by atoms with Gasteiger partial charge in [0.25, 0.3) is 0 Å². The normalized spacial score (nSPS) is 19.5. The lowest BCUT2D eigenvalue weighted by atomic mass is 10.1. The molecule has 0 spiro atoms. The van der Waals surface area contributed by atoms with Crippen LogP contribution in [0.15, 0.2) is 29.2 Å². The number of thioether (sulfide) groups is 1. The Hall–Kier alpha value is -1.46. The van der Waals surface area contributed by atoms with Gasteiger partial charge in [0.1, 0.15) is 5.75 Å². The summed E-state index contributed by atoms with van der Waals surface area (Å²) in [6.45, 7) is 0. The Kier molecular flexibility index (Phi) is 4.87. The number of amides is 1. The number of hydrogen-bond acceptors (Lipinski definition) is 4. The predicted molar refractivity (Wildman–Crippen MR) is 78.1 cm³/mol. The van der Waals surface area contributed by atoms with Crippen LogP contribution < -0.4 is 15.6 Å². The van der Waals surface area contributed by atoms with Crippen molar-refractivity contribution in [3.05, 3.63) is 29.8 Å². The lowest BCUT2D eigenvalue weighted by Gasteiger charge is -2.20. The van der Waals surface area contributed by atoms with E-state index in [0.717, 1.165) is 17.7 Å². The molecule has 0 aliphatic carbocycles. The molecule has 1 aromatic carbocycles. The number of nitrogens with one attached hydrogen (secondary N) is 2. The van der Waals surface area contributed by atoms with E-state index in [2.05, 4.69) is 23.0 Å². The van der Waals surface area contributed by atoms with E-state index in [-0.39, 0.29) is 11.9 Å². The van der Waals surface area contributed by atoms with Crippen LogP contribution in [0.4, 0.5) is 0 Å².